The molecule has 2 rings (SSSR count). The Morgan fingerprint density at radius 2 is 1.96 bits per heavy atom. The van der Waals surface area contributed by atoms with Crippen LogP contribution < -0.4 is 9.47 Å². The van der Waals surface area contributed by atoms with Gasteiger partial charge in [-0.25, -0.2) is 0 Å². The summed E-state index contributed by atoms with van der Waals surface area (Å²) in [6.45, 7) is 0.128. The standard InChI is InChI=1S/C17H17ClN2O5/c1-19(10-12-5-3-4-6-15(12)24-2)17(21)11-25-16-8-7-13(20(22)23)9-14(16)18/h3-9H,10-11H2,1-2H3. The van der Waals surface area contributed by atoms with E-state index in [4.69, 9.17) is 21.1 Å². The Morgan fingerprint density at radius 3 is 2.60 bits per heavy atom. The van der Waals surface area contributed by atoms with Crippen LogP contribution >= 0.6 is 11.6 Å². The SMILES string of the molecule is COc1ccccc1CN(C)C(=O)COc1ccc([N+](=O)[O-])cc1Cl. The van der Waals surface area contributed by atoms with Crippen molar-refractivity contribution in [3.63, 3.8) is 0 Å². The molecule has 2 aromatic rings. The summed E-state index contributed by atoms with van der Waals surface area (Å²) >= 11 is 5.93. The van der Waals surface area contributed by atoms with Crippen LogP contribution in [0.4, 0.5) is 5.69 Å². The number of likely N-dealkylation sites (N-methyl/N-ethyl adjacent to an activating group) is 1. The van der Waals surface area contributed by atoms with Gasteiger partial charge in [0.25, 0.3) is 11.6 Å². The molecule has 0 atom stereocenters. The molecule has 0 N–H and O–H groups in total. The van der Waals surface area contributed by atoms with E-state index in [9.17, 15) is 14.9 Å². The van der Waals surface area contributed by atoms with Crippen molar-refractivity contribution in [1.82, 2.24) is 4.90 Å². The van der Waals surface area contributed by atoms with Gasteiger partial charge in [0.05, 0.1) is 17.1 Å². The zero-order valence-electron chi connectivity index (χ0n) is 13.8. The van der Waals surface area contributed by atoms with Gasteiger partial charge in [-0.2, -0.15) is 0 Å². The molecule has 0 saturated carbocycles. The van der Waals surface area contributed by atoms with E-state index in [1.54, 1.807) is 14.2 Å². The molecule has 0 unspecified atom stereocenters. The van der Waals surface area contributed by atoms with Gasteiger partial charge in [-0.05, 0) is 12.1 Å². The predicted molar refractivity (Wildman–Crippen MR) is 93.1 cm³/mol. The average molecular weight is 365 g/mol. The molecular weight excluding hydrogens is 348 g/mol. The molecule has 8 heteroatoms. The minimum Gasteiger partial charge on any atom is -0.496 e. The summed E-state index contributed by atoms with van der Waals surface area (Å²) in [5.41, 5.74) is 0.728. The maximum absolute atomic E-state index is 12.2. The molecule has 0 fully saturated rings. The second kappa shape index (κ2) is 8.34. The Morgan fingerprint density at radius 1 is 1.24 bits per heavy atom. The molecule has 1 amide bonds. The van der Waals surface area contributed by atoms with E-state index in [-0.39, 0.29) is 29.0 Å². The molecule has 0 aliphatic heterocycles. The Balaban J connectivity index is 1.96. The van der Waals surface area contributed by atoms with E-state index in [1.807, 2.05) is 24.3 Å². The summed E-state index contributed by atoms with van der Waals surface area (Å²) in [5.74, 6) is 0.646. The third-order valence-corrected chi connectivity index (χ3v) is 3.80. The molecule has 0 aromatic heterocycles. The minimum atomic E-state index is -0.554. The first-order valence-electron chi connectivity index (χ1n) is 7.35. The number of amides is 1. The van der Waals surface area contributed by atoms with Crippen molar-refractivity contribution in [2.75, 3.05) is 20.8 Å². The van der Waals surface area contributed by atoms with Crippen molar-refractivity contribution in [3.8, 4) is 11.5 Å². The van der Waals surface area contributed by atoms with Crippen LogP contribution in [0.1, 0.15) is 5.56 Å². The summed E-state index contributed by atoms with van der Waals surface area (Å²) in [6, 6.07) is 11.2. The summed E-state index contributed by atoms with van der Waals surface area (Å²) < 4.78 is 10.6. The van der Waals surface area contributed by atoms with Crippen molar-refractivity contribution in [1.29, 1.82) is 0 Å². The molecule has 2 aromatic carbocycles. The predicted octanol–water partition coefficient (Wildman–Crippen LogP) is 3.29. The minimum absolute atomic E-state index is 0.0781. The summed E-state index contributed by atoms with van der Waals surface area (Å²) in [5, 5.41) is 10.8. The Kier molecular flexibility index (Phi) is 6.19. The fourth-order valence-corrected chi connectivity index (χ4v) is 2.38. The van der Waals surface area contributed by atoms with Crippen molar-refractivity contribution in [2.24, 2.45) is 0 Å². The average Bonchev–Trinajstić information content (AvgIpc) is 2.60. The Labute approximate surface area is 149 Å². The number of non-ortho nitro benzene ring substituents is 1. The zero-order chi connectivity index (χ0) is 18.4. The molecular formula is C17H17ClN2O5. The third kappa shape index (κ3) is 4.84. The van der Waals surface area contributed by atoms with Crippen LogP contribution in [0.3, 0.4) is 0 Å². The largest absolute Gasteiger partial charge is 0.496 e. The Hall–Kier alpha value is -2.80. The van der Waals surface area contributed by atoms with E-state index in [2.05, 4.69) is 0 Å². The van der Waals surface area contributed by atoms with Crippen molar-refractivity contribution in [3.05, 3.63) is 63.2 Å². The topological polar surface area (TPSA) is 81.9 Å². The van der Waals surface area contributed by atoms with Crippen LogP contribution in [-0.2, 0) is 11.3 Å². The lowest BCUT2D eigenvalue weighted by Crippen LogP contribution is -2.31. The van der Waals surface area contributed by atoms with Gasteiger partial charge in [0.15, 0.2) is 6.61 Å². The number of carbonyl (C=O) groups is 1. The number of nitro groups is 1. The first-order chi connectivity index (χ1) is 11.9. The van der Waals surface area contributed by atoms with Crippen molar-refractivity contribution >= 4 is 23.2 Å². The van der Waals surface area contributed by atoms with Gasteiger partial charge < -0.3 is 14.4 Å². The van der Waals surface area contributed by atoms with Crippen molar-refractivity contribution < 1.29 is 19.2 Å². The van der Waals surface area contributed by atoms with E-state index in [0.717, 1.165) is 5.56 Å². The van der Waals surface area contributed by atoms with Crippen LogP contribution in [0.2, 0.25) is 5.02 Å². The van der Waals surface area contributed by atoms with Crippen molar-refractivity contribution in [2.45, 2.75) is 6.54 Å². The smallest absolute Gasteiger partial charge is 0.271 e. The number of methoxy groups -OCH3 is 1. The molecule has 0 bridgehead atoms. The maximum Gasteiger partial charge on any atom is 0.271 e. The number of carbonyl (C=O) groups excluding carboxylic acids is 1. The van der Waals surface area contributed by atoms with Gasteiger partial charge in [0.2, 0.25) is 0 Å². The number of hydrogen-bond acceptors (Lipinski definition) is 5. The molecule has 0 saturated heterocycles. The lowest BCUT2D eigenvalue weighted by atomic mass is 10.2. The van der Waals surface area contributed by atoms with Gasteiger partial charge in [-0.15, -0.1) is 0 Å². The van der Waals surface area contributed by atoms with Gasteiger partial charge in [-0.1, -0.05) is 29.8 Å². The number of rotatable bonds is 7. The summed E-state index contributed by atoms with van der Waals surface area (Å²) in [6.07, 6.45) is 0. The molecule has 0 aliphatic rings. The number of nitro benzene ring substituents is 1. The fourth-order valence-electron chi connectivity index (χ4n) is 2.15. The lowest BCUT2D eigenvalue weighted by Gasteiger charge is -2.19. The Bertz CT molecular complexity index is 781. The maximum atomic E-state index is 12.2. The highest BCUT2D eigenvalue weighted by Gasteiger charge is 2.15. The van der Waals surface area contributed by atoms with Crippen LogP contribution in [0.25, 0.3) is 0 Å². The second-order valence-electron chi connectivity index (χ2n) is 5.22. The second-order valence-corrected chi connectivity index (χ2v) is 5.63. The van der Waals surface area contributed by atoms with Gasteiger partial charge in [0.1, 0.15) is 11.5 Å². The van der Waals surface area contributed by atoms with Crippen LogP contribution in [0, 0.1) is 10.1 Å². The molecule has 0 radical (unpaired) electrons. The normalized spacial score (nSPS) is 10.2. The molecule has 0 aliphatic carbocycles. The van der Waals surface area contributed by atoms with Gasteiger partial charge >= 0.3 is 0 Å². The van der Waals surface area contributed by atoms with E-state index in [0.29, 0.717) is 12.3 Å². The summed E-state index contributed by atoms with van der Waals surface area (Å²) in [4.78, 5) is 23.8. The molecule has 7 nitrogen and oxygen atoms in total. The highest BCUT2D eigenvalue weighted by Crippen LogP contribution is 2.28. The highest BCUT2D eigenvalue weighted by atomic mass is 35.5. The van der Waals surface area contributed by atoms with Crippen LogP contribution in [0.5, 0.6) is 11.5 Å². The number of ether oxygens (including phenoxy) is 2. The van der Waals surface area contributed by atoms with Gasteiger partial charge in [0, 0.05) is 31.3 Å². The number of halogens is 1. The quantitative estimate of drug-likeness (QED) is 0.556. The lowest BCUT2D eigenvalue weighted by molar-refractivity contribution is -0.384. The number of para-hydroxylation sites is 1. The van der Waals surface area contributed by atoms with E-state index < -0.39 is 4.92 Å². The molecule has 0 heterocycles. The highest BCUT2D eigenvalue weighted by molar-refractivity contribution is 6.32. The molecule has 25 heavy (non-hydrogen) atoms. The zero-order valence-corrected chi connectivity index (χ0v) is 14.5. The van der Waals surface area contributed by atoms with Gasteiger partial charge in [-0.3, -0.25) is 14.9 Å². The van der Waals surface area contributed by atoms with E-state index >= 15 is 0 Å². The third-order valence-electron chi connectivity index (χ3n) is 3.50. The number of nitrogens with zero attached hydrogens (tertiary/aromatic N) is 2. The number of benzene rings is 2. The molecule has 0 spiro atoms. The fraction of sp³-hybridized carbons (Fsp3) is 0.235. The first-order valence-corrected chi connectivity index (χ1v) is 7.72. The van der Waals surface area contributed by atoms with Crippen LogP contribution in [0.15, 0.2) is 42.5 Å². The number of hydrogen-bond donors (Lipinski definition) is 0. The monoisotopic (exact) mass is 364 g/mol. The summed E-state index contributed by atoms with van der Waals surface area (Å²) in [7, 11) is 3.22. The molecule has 132 valence electrons. The van der Waals surface area contributed by atoms with E-state index in [1.165, 1.54) is 23.1 Å². The van der Waals surface area contributed by atoms with Crippen LogP contribution in [-0.4, -0.2) is 36.5 Å². The first kappa shape index (κ1) is 18.5.